The van der Waals surface area contributed by atoms with Crippen LogP contribution in [-0.4, -0.2) is 49.7 Å². The largest absolute Gasteiger partial charge is 0.378 e. The van der Waals surface area contributed by atoms with E-state index in [-0.39, 0.29) is 12.4 Å². The zero-order valence-corrected chi connectivity index (χ0v) is 13.1. The second-order valence-electron chi connectivity index (χ2n) is 6.52. The molecule has 20 heavy (non-hydrogen) atoms. The van der Waals surface area contributed by atoms with Crippen molar-refractivity contribution in [1.82, 2.24) is 10.2 Å². The van der Waals surface area contributed by atoms with Crippen molar-refractivity contribution in [3.63, 3.8) is 0 Å². The van der Waals surface area contributed by atoms with E-state index in [0.29, 0.717) is 23.8 Å². The molecule has 1 spiro atoms. The fourth-order valence-electron chi connectivity index (χ4n) is 3.77. The average Bonchev–Trinajstić information content (AvgIpc) is 3.08. The van der Waals surface area contributed by atoms with Gasteiger partial charge in [0, 0.05) is 38.1 Å². The van der Waals surface area contributed by atoms with E-state index in [1.165, 1.54) is 25.7 Å². The molecule has 2 unspecified atom stereocenters. The molecule has 0 aromatic heterocycles. The van der Waals surface area contributed by atoms with Crippen LogP contribution < -0.4 is 5.32 Å². The molecule has 1 N–H and O–H groups in total. The number of nitrogens with one attached hydrogen (secondary N) is 1. The normalized spacial score (nSPS) is 33.4. The summed E-state index contributed by atoms with van der Waals surface area (Å²) in [7, 11) is 0. The molecule has 5 heteroatoms. The monoisotopic (exact) mass is 302 g/mol. The van der Waals surface area contributed by atoms with Crippen molar-refractivity contribution in [2.75, 3.05) is 32.8 Å². The fraction of sp³-hybridized carbons (Fsp3) is 0.933. The molecule has 0 aromatic rings. The molecule has 3 heterocycles. The Hall–Kier alpha value is -0.320. The summed E-state index contributed by atoms with van der Waals surface area (Å²) < 4.78 is 5.70. The maximum absolute atomic E-state index is 12.3. The van der Waals surface area contributed by atoms with Crippen LogP contribution in [0.1, 0.15) is 44.9 Å². The zero-order valence-electron chi connectivity index (χ0n) is 12.2. The number of hydrogen-bond donors (Lipinski definition) is 1. The molecule has 3 fully saturated rings. The molecule has 4 nitrogen and oxygen atoms in total. The summed E-state index contributed by atoms with van der Waals surface area (Å²) in [6, 6.07) is 0. The highest BCUT2D eigenvalue weighted by molar-refractivity contribution is 5.85. The van der Waals surface area contributed by atoms with E-state index in [1.54, 1.807) is 0 Å². The SMILES string of the molecule is Cl.O=C(CCC1CCCCO1)N1CCC2(CCNC2)C1. The number of amides is 1. The lowest BCUT2D eigenvalue weighted by Crippen LogP contribution is -2.33. The fourth-order valence-corrected chi connectivity index (χ4v) is 3.77. The van der Waals surface area contributed by atoms with Gasteiger partial charge in [0.15, 0.2) is 0 Å². The summed E-state index contributed by atoms with van der Waals surface area (Å²) in [5.41, 5.74) is 0.400. The van der Waals surface area contributed by atoms with Gasteiger partial charge in [-0.2, -0.15) is 0 Å². The Labute approximate surface area is 128 Å². The molecule has 1 amide bonds. The van der Waals surface area contributed by atoms with E-state index in [4.69, 9.17) is 4.74 Å². The molecule has 3 aliphatic heterocycles. The number of rotatable bonds is 3. The Bertz CT molecular complexity index is 326. The van der Waals surface area contributed by atoms with Crippen molar-refractivity contribution in [1.29, 1.82) is 0 Å². The number of halogens is 1. The number of likely N-dealkylation sites (tertiary alicyclic amines) is 1. The van der Waals surface area contributed by atoms with E-state index in [1.807, 2.05) is 0 Å². The van der Waals surface area contributed by atoms with Gasteiger partial charge >= 0.3 is 0 Å². The van der Waals surface area contributed by atoms with E-state index in [0.717, 1.165) is 45.6 Å². The third-order valence-corrected chi connectivity index (χ3v) is 5.08. The lowest BCUT2D eigenvalue weighted by atomic mass is 9.86. The van der Waals surface area contributed by atoms with Crippen molar-refractivity contribution in [3.8, 4) is 0 Å². The zero-order chi connectivity index (χ0) is 13.1. The van der Waals surface area contributed by atoms with Crippen LogP contribution >= 0.6 is 12.4 Å². The van der Waals surface area contributed by atoms with Gasteiger partial charge in [0.25, 0.3) is 0 Å². The quantitative estimate of drug-likeness (QED) is 0.866. The van der Waals surface area contributed by atoms with Gasteiger partial charge in [-0.15, -0.1) is 12.4 Å². The highest BCUT2D eigenvalue weighted by Crippen LogP contribution is 2.36. The Balaban J connectivity index is 0.00000147. The molecular formula is C15H27ClN2O2. The Morgan fingerprint density at radius 2 is 2.25 bits per heavy atom. The van der Waals surface area contributed by atoms with Gasteiger partial charge in [0.05, 0.1) is 6.10 Å². The van der Waals surface area contributed by atoms with Crippen LogP contribution in [-0.2, 0) is 9.53 Å². The van der Waals surface area contributed by atoms with E-state index >= 15 is 0 Å². The van der Waals surface area contributed by atoms with Crippen molar-refractivity contribution < 1.29 is 9.53 Å². The third kappa shape index (κ3) is 3.66. The van der Waals surface area contributed by atoms with Crippen LogP contribution in [0.25, 0.3) is 0 Å². The van der Waals surface area contributed by atoms with Crippen molar-refractivity contribution in [2.24, 2.45) is 5.41 Å². The first-order valence-electron chi connectivity index (χ1n) is 7.88. The number of ether oxygens (including phenoxy) is 1. The highest BCUT2D eigenvalue weighted by atomic mass is 35.5. The minimum absolute atomic E-state index is 0. The smallest absolute Gasteiger partial charge is 0.222 e. The van der Waals surface area contributed by atoms with Gasteiger partial charge in [-0.1, -0.05) is 0 Å². The van der Waals surface area contributed by atoms with Gasteiger partial charge in [0.2, 0.25) is 5.91 Å². The van der Waals surface area contributed by atoms with E-state index < -0.39 is 0 Å². The van der Waals surface area contributed by atoms with Gasteiger partial charge in [-0.3, -0.25) is 4.79 Å². The van der Waals surface area contributed by atoms with Gasteiger partial charge in [0.1, 0.15) is 0 Å². The Kier molecular flexibility index (Phi) is 5.70. The first-order chi connectivity index (χ1) is 9.27. The first-order valence-corrected chi connectivity index (χ1v) is 7.88. The van der Waals surface area contributed by atoms with Gasteiger partial charge < -0.3 is 15.0 Å². The van der Waals surface area contributed by atoms with Crippen LogP contribution in [0.15, 0.2) is 0 Å². The molecule has 0 radical (unpaired) electrons. The predicted molar refractivity (Wildman–Crippen MR) is 81.2 cm³/mol. The van der Waals surface area contributed by atoms with Crippen LogP contribution in [0.3, 0.4) is 0 Å². The second kappa shape index (κ2) is 7.10. The molecule has 0 saturated carbocycles. The summed E-state index contributed by atoms with van der Waals surface area (Å²) in [5.74, 6) is 0.345. The minimum Gasteiger partial charge on any atom is -0.378 e. The maximum atomic E-state index is 12.3. The van der Waals surface area contributed by atoms with E-state index in [9.17, 15) is 4.79 Å². The molecule has 0 bridgehead atoms. The Morgan fingerprint density at radius 1 is 1.35 bits per heavy atom. The molecule has 0 aromatic carbocycles. The van der Waals surface area contributed by atoms with Crippen LogP contribution in [0.2, 0.25) is 0 Å². The van der Waals surface area contributed by atoms with Crippen LogP contribution in [0.5, 0.6) is 0 Å². The number of carbonyl (C=O) groups is 1. The lowest BCUT2D eigenvalue weighted by molar-refractivity contribution is -0.131. The third-order valence-electron chi connectivity index (χ3n) is 5.08. The number of carbonyl (C=O) groups excluding carboxylic acids is 1. The second-order valence-corrected chi connectivity index (χ2v) is 6.52. The van der Waals surface area contributed by atoms with Gasteiger partial charge in [-0.25, -0.2) is 0 Å². The summed E-state index contributed by atoms with van der Waals surface area (Å²) in [4.78, 5) is 14.4. The predicted octanol–water partition coefficient (Wildman–Crippen LogP) is 1.97. The van der Waals surface area contributed by atoms with Gasteiger partial charge in [-0.05, 0) is 45.1 Å². The minimum atomic E-state index is 0. The van der Waals surface area contributed by atoms with E-state index in [2.05, 4.69) is 10.2 Å². The van der Waals surface area contributed by atoms with Crippen molar-refractivity contribution in [2.45, 2.75) is 51.0 Å². The van der Waals surface area contributed by atoms with Crippen LogP contribution in [0.4, 0.5) is 0 Å². The standard InChI is InChI=1S/C15H26N2O2.ClH/c18-14(5-4-13-3-1-2-10-19-13)17-9-7-15(12-17)6-8-16-11-15;/h13,16H,1-12H2;1H. The van der Waals surface area contributed by atoms with Crippen molar-refractivity contribution in [3.05, 3.63) is 0 Å². The maximum Gasteiger partial charge on any atom is 0.222 e. The molecule has 3 saturated heterocycles. The summed E-state index contributed by atoms with van der Waals surface area (Å²) in [6.07, 6.45) is 7.94. The highest BCUT2D eigenvalue weighted by Gasteiger charge is 2.41. The molecule has 2 atom stereocenters. The number of hydrogen-bond acceptors (Lipinski definition) is 3. The molecule has 3 aliphatic rings. The van der Waals surface area contributed by atoms with Crippen molar-refractivity contribution >= 4 is 18.3 Å². The molecular weight excluding hydrogens is 276 g/mol. The topological polar surface area (TPSA) is 41.6 Å². The molecule has 116 valence electrons. The summed E-state index contributed by atoms with van der Waals surface area (Å²) in [6.45, 7) is 5.05. The first kappa shape index (κ1) is 16.1. The van der Waals surface area contributed by atoms with Crippen LogP contribution in [0, 0.1) is 5.41 Å². The molecule has 0 aliphatic carbocycles. The summed E-state index contributed by atoms with van der Waals surface area (Å²) in [5, 5.41) is 3.44. The molecule has 3 rings (SSSR count). The average molecular weight is 303 g/mol. The summed E-state index contributed by atoms with van der Waals surface area (Å²) >= 11 is 0. The lowest BCUT2D eigenvalue weighted by Gasteiger charge is -2.25. The Morgan fingerprint density at radius 3 is 2.95 bits per heavy atom. The number of nitrogens with zero attached hydrogens (tertiary/aromatic N) is 1.